The Balaban J connectivity index is 1.90. The molecule has 42 heavy (non-hydrogen) atoms. The van der Waals surface area contributed by atoms with Gasteiger partial charge in [0.05, 0.1) is 6.61 Å². The second-order valence-electron chi connectivity index (χ2n) is 13.9. The normalized spacial score (nSPS) is 21.4. The first-order valence-electron chi connectivity index (χ1n) is 14.0. The summed E-state index contributed by atoms with van der Waals surface area (Å²) >= 11 is 5.80. The molecule has 1 aliphatic rings. The Morgan fingerprint density at radius 3 is 2.12 bits per heavy atom. The Kier molecular flexibility index (Phi) is 10.0. The van der Waals surface area contributed by atoms with E-state index < -0.39 is 52.6 Å². The maximum atomic E-state index is 16.2. The minimum atomic E-state index is -3.57. The number of benzene rings is 1. The van der Waals surface area contributed by atoms with Crippen molar-refractivity contribution in [2.24, 2.45) is 0 Å². The Morgan fingerprint density at radius 1 is 1.05 bits per heavy atom. The summed E-state index contributed by atoms with van der Waals surface area (Å²) in [4.78, 5) is 29.5. The van der Waals surface area contributed by atoms with Crippen LogP contribution in [0.1, 0.15) is 63.7 Å². The van der Waals surface area contributed by atoms with Crippen LogP contribution in [0.2, 0.25) is 36.3 Å². The average molecular weight is 644 g/mol. The lowest BCUT2D eigenvalue weighted by Gasteiger charge is -2.41. The number of nitrogens with zero attached hydrogens (tertiary/aromatic N) is 2. The SMILES string of the molecule is CC(C)(C)[Si](C)(C)OC[C@H]1O[C@@H](n2ccc(NC(=O)c3ccc(CCl)cc3)nc2=O)C(F)(F)[C@@H]1O[Si](C)(C)C(C)(C)C. The molecule has 0 spiro atoms. The van der Waals surface area contributed by atoms with Crippen LogP contribution >= 0.6 is 11.6 Å². The van der Waals surface area contributed by atoms with E-state index in [2.05, 4.69) is 31.1 Å². The highest BCUT2D eigenvalue weighted by molar-refractivity contribution is 6.74. The van der Waals surface area contributed by atoms with Gasteiger partial charge in [-0.15, -0.1) is 11.6 Å². The van der Waals surface area contributed by atoms with E-state index in [1.807, 2.05) is 47.0 Å². The van der Waals surface area contributed by atoms with Gasteiger partial charge in [0, 0.05) is 17.6 Å². The zero-order valence-electron chi connectivity index (χ0n) is 26.2. The third-order valence-corrected chi connectivity index (χ3v) is 18.0. The summed E-state index contributed by atoms with van der Waals surface area (Å²) in [5.74, 6) is -3.84. The van der Waals surface area contributed by atoms with Gasteiger partial charge < -0.3 is 18.9 Å². The lowest BCUT2D eigenvalue weighted by Crippen LogP contribution is -2.53. The van der Waals surface area contributed by atoms with E-state index in [1.165, 1.54) is 6.07 Å². The maximum Gasteiger partial charge on any atom is 0.351 e. The highest BCUT2D eigenvalue weighted by atomic mass is 35.5. The second kappa shape index (κ2) is 12.2. The Labute approximate surface area is 254 Å². The topological polar surface area (TPSA) is 91.7 Å². The molecule has 1 saturated heterocycles. The molecule has 1 amide bonds. The minimum absolute atomic E-state index is 0.0733. The van der Waals surface area contributed by atoms with Gasteiger partial charge in [-0.05, 0) is 60.0 Å². The first-order valence-corrected chi connectivity index (χ1v) is 20.4. The fourth-order valence-electron chi connectivity index (χ4n) is 3.84. The van der Waals surface area contributed by atoms with Gasteiger partial charge in [0.15, 0.2) is 16.6 Å². The molecule has 0 saturated carbocycles. The summed E-state index contributed by atoms with van der Waals surface area (Å²) in [5, 5.41) is 2.05. The molecule has 234 valence electrons. The van der Waals surface area contributed by atoms with Gasteiger partial charge in [0.2, 0.25) is 6.23 Å². The van der Waals surface area contributed by atoms with Gasteiger partial charge in [0.1, 0.15) is 18.0 Å². The average Bonchev–Trinajstić information content (AvgIpc) is 3.10. The number of aromatic nitrogens is 2. The van der Waals surface area contributed by atoms with E-state index in [9.17, 15) is 9.59 Å². The van der Waals surface area contributed by atoms with Crippen molar-refractivity contribution in [1.29, 1.82) is 0 Å². The fraction of sp³-hybridized carbons (Fsp3) is 0.621. The Bertz CT molecular complexity index is 1320. The predicted molar refractivity (Wildman–Crippen MR) is 167 cm³/mol. The molecule has 3 rings (SSSR count). The van der Waals surface area contributed by atoms with Crippen LogP contribution in [0.25, 0.3) is 0 Å². The first kappa shape index (κ1) is 34.5. The summed E-state index contributed by atoms with van der Waals surface area (Å²) in [7, 11) is -4.99. The molecule has 2 heterocycles. The standard InChI is InChI=1S/C29H44ClF2N3O5Si2/c1-27(2,3)41(7,8)38-18-21-23(40-42(9,10)28(4,5)6)29(31,32)25(39-21)35-16-15-22(34-26(35)37)33-24(36)20-13-11-19(17-30)12-14-20/h11-16,21,23,25H,17-18H2,1-10H3,(H,33,34,36,37)/t21-,23-,25-/m1/s1. The van der Waals surface area contributed by atoms with Crippen molar-refractivity contribution in [3.63, 3.8) is 0 Å². The van der Waals surface area contributed by atoms with Crippen molar-refractivity contribution >= 4 is 40.0 Å². The maximum absolute atomic E-state index is 16.2. The van der Waals surface area contributed by atoms with Crippen molar-refractivity contribution in [2.75, 3.05) is 11.9 Å². The van der Waals surface area contributed by atoms with Crippen molar-refractivity contribution in [3.05, 3.63) is 58.1 Å². The number of carbonyl (C=O) groups is 1. The van der Waals surface area contributed by atoms with Crippen molar-refractivity contribution < 1.29 is 27.2 Å². The van der Waals surface area contributed by atoms with Crippen LogP contribution in [-0.4, -0.2) is 56.8 Å². The molecule has 1 aromatic heterocycles. The van der Waals surface area contributed by atoms with Gasteiger partial charge in [-0.2, -0.15) is 13.8 Å². The highest BCUT2D eigenvalue weighted by Gasteiger charge is 2.63. The van der Waals surface area contributed by atoms with E-state index in [4.69, 9.17) is 25.2 Å². The van der Waals surface area contributed by atoms with Crippen LogP contribution in [0.4, 0.5) is 14.6 Å². The monoisotopic (exact) mass is 643 g/mol. The molecular formula is C29H44ClF2N3O5Si2. The summed E-state index contributed by atoms with van der Waals surface area (Å²) in [6, 6.07) is 7.89. The number of hydrogen-bond donors (Lipinski definition) is 1. The molecule has 8 nitrogen and oxygen atoms in total. The van der Waals surface area contributed by atoms with Crippen molar-refractivity contribution in [3.8, 4) is 0 Å². The molecule has 1 aliphatic heterocycles. The number of ether oxygens (including phenoxy) is 1. The summed E-state index contributed by atoms with van der Waals surface area (Å²) in [6.07, 6.45) is -3.56. The van der Waals surface area contributed by atoms with E-state index in [0.29, 0.717) is 11.4 Å². The van der Waals surface area contributed by atoms with Gasteiger partial charge in [-0.1, -0.05) is 53.7 Å². The Morgan fingerprint density at radius 2 is 1.62 bits per heavy atom. The van der Waals surface area contributed by atoms with Gasteiger partial charge in [0.25, 0.3) is 5.91 Å². The highest BCUT2D eigenvalue weighted by Crippen LogP contribution is 2.48. The molecular weight excluding hydrogens is 600 g/mol. The quantitative estimate of drug-likeness (QED) is 0.230. The molecule has 3 atom stereocenters. The van der Waals surface area contributed by atoms with Crippen LogP contribution in [0.3, 0.4) is 0 Å². The molecule has 0 bridgehead atoms. The summed E-state index contributed by atoms with van der Waals surface area (Å²) < 4.78 is 51.7. The largest absolute Gasteiger partial charge is 0.414 e. The third kappa shape index (κ3) is 7.39. The number of halogens is 3. The van der Waals surface area contributed by atoms with Crippen molar-refractivity contribution in [2.45, 2.75) is 108 Å². The number of alkyl halides is 3. The number of amides is 1. The third-order valence-electron chi connectivity index (χ3n) is 8.69. The number of carbonyl (C=O) groups excluding carboxylic acids is 1. The van der Waals surface area contributed by atoms with E-state index in [-0.39, 0.29) is 22.5 Å². The molecule has 0 aliphatic carbocycles. The predicted octanol–water partition coefficient (Wildman–Crippen LogP) is 7.18. The molecule has 0 unspecified atom stereocenters. The zero-order chi connectivity index (χ0) is 31.9. The van der Waals surface area contributed by atoms with E-state index in [0.717, 1.165) is 16.3 Å². The lowest BCUT2D eigenvalue weighted by atomic mass is 10.1. The number of rotatable bonds is 9. The molecule has 1 aromatic carbocycles. The molecule has 13 heteroatoms. The van der Waals surface area contributed by atoms with Crippen LogP contribution in [-0.2, 0) is 19.5 Å². The Hall–Kier alpha value is -1.97. The van der Waals surface area contributed by atoms with Gasteiger partial charge >= 0.3 is 11.6 Å². The van der Waals surface area contributed by atoms with Gasteiger partial charge in [-0.3, -0.25) is 9.36 Å². The van der Waals surface area contributed by atoms with Crippen molar-refractivity contribution in [1.82, 2.24) is 9.55 Å². The minimum Gasteiger partial charge on any atom is -0.414 e. The summed E-state index contributed by atoms with van der Waals surface area (Å²) in [5.41, 5.74) is 0.179. The zero-order valence-corrected chi connectivity index (χ0v) is 28.9. The molecule has 2 aromatic rings. The number of anilines is 1. The molecule has 1 N–H and O–H groups in total. The molecule has 1 fully saturated rings. The lowest BCUT2D eigenvalue weighted by molar-refractivity contribution is -0.138. The number of hydrogen-bond acceptors (Lipinski definition) is 6. The molecule has 0 radical (unpaired) electrons. The van der Waals surface area contributed by atoms with Crippen LogP contribution in [0, 0.1) is 0 Å². The number of nitrogens with one attached hydrogen (secondary N) is 1. The smallest absolute Gasteiger partial charge is 0.351 e. The van der Waals surface area contributed by atoms with Crippen LogP contribution in [0.15, 0.2) is 41.3 Å². The first-order chi connectivity index (χ1) is 19.1. The van der Waals surface area contributed by atoms with Crippen LogP contribution < -0.4 is 11.0 Å². The van der Waals surface area contributed by atoms with E-state index in [1.54, 1.807) is 24.3 Å². The second-order valence-corrected chi connectivity index (χ2v) is 23.7. The fourth-order valence-corrected chi connectivity index (χ4v) is 6.33. The van der Waals surface area contributed by atoms with Crippen LogP contribution in [0.5, 0.6) is 0 Å². The van der Waals surface area contributed by atoms with E-state index >= 15 is 8.78 Å². The van der Waals surface area contributed by atoms with Gasteiger partial charge in [-0.25, -0.2) is 4.79 Å². The summed E-state index contributed by atoms with van der Waals surface area (Å²) in [6.45, 7) is 19.9.